The fraction of sp³-hybridized carbons (Fsp3) is 1.00. The van der Waals surface area contributed by atoms with Gasteiger partial charge in [0.2, 0.25) is 0 Å². The Labute approximate surface area is 131 Å². The monoisotopic (exact) mass is 373 g/mol. The van der Waals surface area contributed by atoms with Gasteiger partial charge in [-0.2, -0.15) is 26.3 Å². The van der Waals surface area contributed by atoms with Crippen molar-refractivity contribution >= 4 is 7.75 Å². The minimum Gasteiger partial charge on any atom is -0.312 e. The molecule has 0 aromatic heterocycles. The summed E-state index contributed by atoms with van der Waals surface area (Å²) in [5.41, 5.74) is -2.43. The van der Waals surface area contributed by atoms with E-state index in [0.29, 0.717) is 4.67 Å². The van der Waals surface area contributed by atoms with E-state index in [4.69, 9.17) is 0 Å². The zero-order chi connectivity index (χ0) is 18.9. The van der Waals surface area contributed by atoms with E-state index in [1.165, 1.54) is 13.8 Å². The molecule has 0 aliphatic carbocycles. The van der Waals surface area contributed by atoms with Gasteiger partial charge in [0.05, 0.1) is 12.8 Å². The molecule has 0 bridgehead atoms. The van der Waals surface area contributed by atoms with Crippen LogP contribution in [0.4, 0.5) is 26.3 Å². The lowest BCUT2D eigenvalue weighted by Gasteiger charge is -2.45. The first-order valence-corrected chi connectivity index (χ1v) is 8.47. The van der Waals surface area contributed by atoms with Crippen molar-refractivity contribution in [1.82, 2.24) is 4.67 Å². The van der Waals surface area contributed by atoms with Crippen LogP contribution in [-0.4, -0.2) is 38.9 Å². The molecule has 11 heteroatoms. The Bertz CT molecular complexity index is 417. The highest BCUT2D eigenvalue weighted by Crippen LogP contribution is 2.52. The highest BCUT2D eigenvalue weighted by Gasteiger charge is 2.52. The summed E-state index contributed by atoms with van der Waals surface area (Å²) < 4.78 is 88.6. The molecule has 0 aliphatic heterocycles. The highest BCUT2D eigenvalue weighted by atomic mass is 31.2. The second kappa shape index (κ2) is 7.29. The lowest BCUT2D eigenvalue weighted by atomic mass is 9.76. The van der Waals surface area contributed by atoms with E-state index in [9.17, 15) is 40.7 Å². The number of hydrogen-bond donors (Lipinski definition) is 2. The van der Waals surface area contributed by atoms with Crippen molar-refractivity contribution in [3.8, 4) is 0 Å². The Morgan fingerprint density at radius 1 is 1.00 bits per heavy atom. The predicted octanol–water partition coefficient (Wildman–Crippen LogP) is 4.48. The molecule has 0 spiro atoms. The number of hydrogen-bond acceptors (Lipinski definition) is 1. The van der Waals surface area contributed by atoms with Crippen molar-refractivity contribution in [2.24, 2.45) is 5.41 Å². The second-order valence-electron chi connectivity index (χ2n) is 6.06. The maximum Gasteiger partial charge on any atom is 0.403 e. The van der Waals surface area contributed by atoms with Crippen molar-refractivity contribution in [3.63, 3.8) is 0 Å². The van der Waals surface area contributed by atoms with Crippen LogP contribution in [0.15, 0.2) is 0 Å². The molecule has 0 heterocycles. The third-order valence-electron chi connectivity index (χ3n) is 3.96. The van der Waals surface area contributed by atoms with Crippen LogP contribution in [0.1, 0.15) is 47.0 Å². The van der Waals surface area contributed by atoms with Gasteiger partial charge >= 0.3 is 20.1 Å². The zero-order valence-corrected chi connectivity index (χ0v) is 14.1. The number of alkyl halides is 6. The van der Waals surface area contributed by atoms with Crippen molar-refractivity contribution in [2.45, 2.75) is 71.4 Å². The second-order valence-corrected chi connectivity index (χ2v) is 7.55. The van der Waals surface area contributed by atoms with Crippen molar-refractivity contribution in [3.05, 3.63) is 0 Å². The first kappa shape index (κ1) is 22.7. The van der Waals surface area contributed by atoms with Crippen LogP contribution in [0.2, 0.25) is 0 Å². The van der Waals surface area contributed by atoms with Gasteiger partial charge < -0.3 is 9.79 Å². The zero-order valence-electron chi connectivity index (χ0n) is 13.2. The number of halogens is 6. The van der Waals surface area contributed by atoms with Crippen LogP contribution in [0, 0.1) is 5.41 Å². The number of rotatable bonds is 7. The summed E-state index contributed by atoms with van der Waals surface area (Å²) in [6, 6.07) is -2.52. The maximum atomic E-state index is 12.7. The Kier molecular flexibility index (Phi) is 7.19. The standard InChI is InChI=1S/C12H22F6NO3P/c1-5-8(2)19(23(20,21)22)9(3)10(4,6-11(13,14)15)7-12(16,17)18/h8-9H,5-7H2,1-4H3,(H2,20,21,22). The van der Waals surface area contributed by atoms with Gasteiger partial charge in [-0.05, 0) is 20.3 Å². The summed E-state index contributed by atoms with van der Waals surface area (Å²) in [5.74, 6) is 0. The van der Waals surface area contributed by atoms with Crippen LogP contribution >= 0.6 is 7.75 Å². The molecule has 0 aliphatic rings. The fourth-order valence-corrected chi connectivity index (χ4v) is 4.05. The van der Waals surface area contributed by atoms with E-state index in [2.05, 4.69) is 0 Å². The van der Waals surface area contributed by atoms with Crippen LogP contribution in [0.25, 0.3) is 0 Å². The first-order valence-electron chi connectivity index (χ1n) is 6.91. The molecule has 0 amide bonds. The van der Waals surface area contributed by atoms with Crippen LogP contribution in [0.5, 0.6) is 0 Å². The third-order valence-corrected chi connectivity index (χ3v) is 5.30. The Morgan fingerprint density at radius 3 is 1.57 bits per heavy atom. The third kappa shape index (κ3) is 7.41. The molecule has 4 nitrogen and oxygen atoms in total. The largest absolute Gasteiger partial charge is 0.403 e. The molecule has 0 saturated heterocycles. The maximum absolute atomic E-state index is 12.7. The molecule has 140 valence electrons. The van der Waals surface area contributed by atoms with Gasteiger partial charge in [-0.3, -0.25) is 0 Å². The summed E-state index contributed by atoms with van der Waals surface area (Å²) >= 11 is 0. The minimum atomic E-state index is -5.03. The average Bonchev–Trinajstić information content (AvgIpc) is 2.21. The van der Waals surface area contributed by atoms with Crippen molar-refractivity contribution in [2.75, 3.05) is 0 Å². The lowest BCUT2D eigenvalue weighted by Crippen LogP contribution is -2.50. The SMILES string of the molecule is CCC(C)N(C(C)C(C)(CC(F)(F)F)CC(F)(F)F)P(=O)(O)O. The molecule has 2 unspecified atom stereocenters. The first-order chi connectivity index (χ1) is 9.93. The van der Waals surface area contributed by atoms with Crippen LogP contribution in [-0.2, 0) is 4.57 Å². The molecule has 0 saturated carbocycles. The van der Waals surface area contributed by atoms with E-state index in [0.717, 1.165) is 13.8 Å². The molecular weight excluding hydrogens is 351 g/mol. The minimum absolute atomic E-state index is 0.156. The quantitative estimate of drug-likeness (QED) is 0.510. The molecule has 2 N–H and O–H groups in total. The van der Waals surface area contributed by atoms with E-state index >= 15 is 0 Å². The Hall–Kier alpha value is -0.310. The predicted molar refractivity (Wildman–Crippen MR) is 72.5 cm³/mol. The topological polar surface area (TPSA) is 60.8 Å². The lowest BCUT2D eigenvalue weighted by molar-refractivity contribution is -0.201. The summed E-state index contributed by atoms with van der Waals surface area (Å²) in [6.45, 7) is 4.62. The fourth-order valence-electron chi connectivity index (χ4n) is 2.64. The highest BCUT2D eigenvalue weighted by molar-refractivity contribution is 7.49. The molecule has 0 radical (unpaired) electrons. The molecule has 2 atom stereocenters. The Morgan fingerprint density at radius 2 is 1.35 bits per heavy atom. The normalized spacial score (nSPS) is 17.4. The van der Waals surface area contributed by atoms with Gasteiger partial charge in [0.15, 0.2) is 0 Å². The van der Waals surface area contributed by atoms with E-state index < -0.39 is 50.4 Å². The van der Waals surface area contributed by atoms with Crippen molar-refractivity contribution < 1.29 is 40.7 Å². The van der Waals surface area contributed by atoms with Gasteiger partial charge in [0.25, 0.3) is 0 Å². The van der Waals surface area contributed by atoms with Gasteiger partial charge in [0.1, 0.15) is 0 Å². The van der Waals surface area contributed by atoms with Crippen LogP contribution in [0.3, 0.4) is 0 Å². The van der Waals surface area contributed by atoms with E-state index in [-0.39, 0.29) is 6.42 Å². The summed E-state index contributed by atoms with van der Waals surface area (Å²) in [7, 11) is -5.03. The summed E-state index contributed by atoms with van der Waals surface area (Å²) in [6.07, 6.45) is -13.2. The summed E-state index contributed by atoms with van der Waals surface area (Å²) in [5, 5.41) is 0. The molecule has 0 aromatic rings. The molecule has 0 aromatic carbocycles. The Balaban J connectivity index is 5.89. The van der Waals surface area contributed by atoms with Crippen molar-refractivity contribution in [1.29, 1.82) is 0 Å². The summed E-state index contributed by atoms with van der Waals surface area (Å²) in [4.78, 5) is 18.8. The molecule has 23 heavy (non-hydrogen) atoms. The average molecular weight is 373 g/mol. The van der Waals surface area contributed by atoms with E-state index in [1.54, 1.807) is 0 Å². The van der Waals surface area contributed by atoms with Crippen LogP contribution < -0.4 is 0 Å². The van der Waals surface area contributed by atoms with Gasteiger partial charge in [-0.1, -0.05) is 13.8 Å². The van der Waals surface area contributed by atoms with Gasteiger partial charge in [-0.25, -0.2) is 9.24 Å². The molecular formula is C12H22F6NO3P. The smallest absolute Gasteiger partial charge is 0.312 e. The molecule has 0 fully saturated rings. The molecule has 0 rings (SSSR count). The number of nitrogens with zero attached hydrogens (tertiary/aromatic N) is 1. The van der Waals surface area contributed by atoms with Gasteiger partial charge in [0, 0.05) is 17.5 Å². The van der Waals surface area contributed by atoms with E-state index in [1.807, 2.05) is 0 Å². The van der Waals surface area contributed by atoms with Gasteiger partial charge in [-0.15, -0.1) is 0 Å².